The lowest BCUT2D eigenvalue weighted by Gasteiger charge is -2.60. The van der Waals surface area contributed by atoms with Gasteiger partial charge in [0.05, 0.1) is 17.3 Å². The minimum Gasteiger partial charge on any atom is -0.508 e. The van der Waals surface area contributed by atoms with Gasteiger partial charge >= 0.3 is 0 Å². The molecule has 10 nitrogen and oxygen atoms in total. The minimum atomic E-state index is -0.509. The van der Waals surface area contributed by atoms with Gasteiger partial charge < -0.3 is 24.2 Å². The van der Waals surface area contributed by atoms with Crippen molar-refractivity contribution in [3.8, 4) is 39.2 Å². The molecule has 0 bridgehead atoms. The lowest BCUT2D eigenvalue weighted by atomic mass is 9.73. The van der Waals surface area contributed by atoms with Gasteiger partial charge in [0.2, 0.25) is 0 Å². The molecule has 3 aliphatic heterocycles. The summed E-state index contributed by atoms with van der Waals surface area (Å²) in [5, 5.41) is 11.0. The second-order valence-electron chi connectivity index (χ2n) is 15.1. The molecule has 12 heteroatoms. The first-order valence-corrected chi connectivity index (χ1v) is 20.3. The number of carbonyl (C=O) groups excluding carboxylic acids is 3. The summed E-state index contributed by atoms with van der Waals surface area (Å²) in [7, 11) is 0. The summed E-state index contributed by atoms with van der Waals surface area (Å²) >= 11 is 5.11. The van der Waals surface area contributed by atoms with Gasteiger partial charge in [-0.25, -0.2) is 0 Å². The molecular formula is C43H40BrN3O7S. The topological polar surface area (TPSA) is 109 Å². The van der Waals surface area contributed by atoms with Crippen LogP contribution >= 0.6 is 27.3 Å². The maximum Gasteiger partial charge on any atom is 0.255 e. The van der Waals surface area contributed by atoms with Crippen molar-refractivity contribution in [3.05, 3.63) is 101 Å². The van der Waals surface area contributed by atoms with Gasteiger partial charge in [0.1, 0.15) is 42.0 Å². The third-order valence-electron chi connectivity index (χ3n) is 11.1. The zero-order chi connectivity index (χ0) is 37.7. The minimum absolute atomic E-state index is 0.0412. The normalized spacial score (nSPS) is 19.4. The van der Waals surface area contributed by atoms with Crippen molar-refractivity contribution < 1.29 is 33.7 Å². The van der Waals surface area contributed by atoms with E-state index < -0.39 is 6.04 Å². The molecule has 55 heavy (non-hydrogen) atoms. The van der Waals surface area contributed by atoms with Gasteiger partial charge in [0.15, 0.2) is 11.5 Å². The van der Waals surface area contributed by atoms with Crippen LogP contribution in [0, 0.1) is 5.41 Å². The number of hydrogen-bond acceptors (Lipinski definition) is 10. The lowest BCUT2D eigenvalue weighted by Crippen LogP contribution is -2.72. The Labute approximate surface area is 331 Å². The SMILES string of the molecule is O=C1CC[C@H](N2Cc3cc(OCCN4CC5(CN(CCOc6ccc(Oc7c(-c8ccc(Br)cc8)sc8cc(O)ccc78)cc6)C5)C4)ccc3C2=O)C(=O)C1. The molecule has 282 valence electrons. The first kappa shape index (κ1) is 35.9. The number of fused-ring (bicyclic) bond motifs is 2. The van der Waals surface area contributed by atoms with Crippen LogP contribution in [0.25, 0.3) is 20.5 Å². The quantitative estimate of drug-likeness (QED) is 0.128. The van der Waals surface area contributed by atoms with E-state index in [0.717, 1.165) is 87.1 Å². The Morgan fingerprint density at radius 3 is 2.18 bits per heavy atom. The molecule has 5 aromatic rings. The van der Waals surface area contributed by atoms with Crippen LogP contribution in [0.1, 0.15) is 35.2 Å². The van der Waals surface area contributed by atoms with Crippen molar-refractivity contribution in [2.45, 2.75) is 31.8 Å². The van der Waals surface area contributed by atoms with Crippen LogP contribution in [0.15, 0.2) is 89.4 Å². The molecule has 4 aliphatic rings. The van der Waals surface area contributed by atoms with E-state index in [1.54, 1.807) is 34.4 Å². The van der Waals surface area contributed by atoms with Gasteiger partial charge in [-0.1, -0.05) is 28.1 Å². The average Bonchev–Trinajstić information content (AvgIpc) is 3.66. The highest BCUT2D eigenvalue weighted by Gasteiger charge is 2.51. The van der Waals surface area contributed by atoms with E-state index in [1.807, 2.05) is 54.6 Å². The molecule has 1 aromatic heterocycles. The fraction of sp³-hybridized carbons (Fsp3) is 0.326. The largest absolute Gasteiger partial charge is 0.508 e. The fourth-order valence-electron chi connectivity index (χ4n) is 8.43. The van der Waals surface area contributed by atoms with Crippen LogP contribution in [-0.4, -0.2) is 95.8 Å². The molecule has 0 unspecified atom stereocenters. The van der Waals surface area contributed by atoms with Crippen molar-refractivity contribution in [3.63, 3.8) is 0 Å². The Hall–Kier alpha value is -4.75. The van der Waals surface area contributed by atoms with Crippen molar-refractivity contribution >= 4 is 54.8 Å². The summed E-state index contributed by atoms with van der Waals surface area (Å²) in [4.78, 5) is 44.6. The van der Waals surface area contributed by atoms with Crippen LogP contribution < -0.4 is 14.2 Å². The number of ketones is 2. The number of thiophene rings is 1. The van der Waals surface area contributed by atoms with Crippen molar-refractivity contribution in [1.82, 2.24) is 14.7 Å². The third-order valence-corrected chi connectivity index (χ3v) is 12.8. The molecule has 1 atom stereocenters. The van der Waals surface area contributed by atoms with Gasteiger partial charge in [0, 0.05) is 77.8 Å². The monoisotopic (exact) mass is 821 g/mol. The van der Waals surface area contributed by atoms with E-state index >= 15 is 0 Å². The first-order chi connectivity index (χ1) is 26.7. The van der Waals surface area contributed by atoms with E-state index in [4.69, 9.17) is 14.2 Å². The highest BCUT2D eigenvalue weighted by atomic mass is 79.9. The van der Waals surface area contributed by atoms with E-state index in [2.05, 4.69) is 37.9 Å². The zero-order valence-electron chi connectivity index (χ0n) is 30.2. The Kier molecular flexibility index (Phi) is 9.62. The van der Waals surface area contributed by atoms with Gasteiger partial charge in [-0.05, 0) is 90.3 Å². The summed E-state index contributed by atoms with van der Waals surface area (Å²) in [6, 6.07) is 26.3. The van der Waals surface area contributed by atoms with Crippen molar-refractivity contribution in [2.75, 3.05) is 52.5 Å². The van der Waals surface area contributed by atoms with Gasteiger partial charge in [-0.3, -0.25) is 24.2 Å². The Bertz CT molecular complexity index is 2280. The second-order valence-corrected chi connectivity index (χ2v) is 17.1. The van der Waals surface area contributed by atoms with Crippen LogP contribution in [0.5, 0.6) is 28.7 Å². The smallest absolute Gasteiger partial charge is 0.255 e. The van der Waals surface area contributed by atoms with Crippen LogP contribution in [-0.2, 0) is 16.1 Å². The Morgan fingerprint density at radius 2 is 1.47 bits per heavy atom. The van der Waals surface area contributed by atoms with E-state index in [0.29, 0.717) is 49.3 Å². The maximum absolute atomic E-state index is 13.0. The van der Waals surface area contributed by atoms with Crippen molar-refractivity contribution in [2.24, 2.45) is 5.41 Å². The molecule has 1 saturated carbocycles. The number of likely N-dealkylation sites (tertiary alicyclic amines) is 2. The number of hydrogen-bond donors (Lipinski definition) is 1. The number of rotatable bonds is 12. The highest BCUT2D eigenvalue weighted by Crippen LogP contribution is 2.47. The molecule has 9 rings (SSSR count). The Balaban J connectivity index is 0.699. The van der Waals surface area contributed by atoms with E-state index in [9.17, 15) is 19.5 Å². The lowest BCUT2D eigenvalue weighted by molar-refractivity contribution is -0.133. The molecule has 0 radical (unpaired) electrons. The highest BCUT2D eigenvalue weighted by molar-refractivity contribution is 9.10. The number of halogens is 1. The van der Waals surface area contributed by atoms with E-state index in [-0.39, 0.29) is 29.6 Å². The maximum atomic E-state index is 13.0. The molecule has 4 aromatic carbocycles. The molecule has 3 fully saturated rings. The Morgan fingerprint density at radius 1 is 0.800 bits per heavy atom. The van der Waals surface area contributed by atoms with Crippen LogP contribution in [0.3, 0.4) is 0 Å². The number of benzene rings is 4. The summed E-state index contributed by atoms with van der Waals surface area (Å²) < 4.78 is 20.6. The summed E-state index contributed by atoms with van der Waals surface area (Å²) in [5.41, 5.74) is 2.89. The van der Waals surface area contributed by atoms with E-state index in [1.165, 1.54) is 0 Å². The number of phenolic OH excluding ortho intramolecular Hbond substituents is 1. The first-order valence-electron chi connectivity index (χ1n) is 18.7. The molecule has 4 heterocycles. The predicted molar refractivity (Wildman–Crippen MR) is 213 cm³/mol. The predicted octanol–water partition coefficient (Wildman–Crippen LogP) is 7.55. The summed E-state index contributed by atoms with van der Waals surface area (Å²) in [5.74, 6) is 2.91. The molecule has 1 N–H and O–H groups in total. The number of Topliss-reactive ketones (excluding diaryl/α,β-unsaturated/α-hetero) is 2. The second kappa shape index (κ2) is 14.7. The van der Waals surface area contributed by atoms with Gasteiger partial charge in [-0.2, -0.15) is 0 Å². The summed E-state index contributed by atoms with van der Waals surface area (Å²) in [6.07, 6.45) is 0.686. The van der Waals surface area contributed by atoms with Crippen molar-refractivity contribution in [1.29, 1.82) is 0 Å². The number of ether oxygens (including phenoxy) is 3. The van der Waals surface area contributed by atoms with Crippen LogP contribution in [0.2, 0.25) is 0 Å². The molecule has 1 spiro atoms. The molecule has 1 amide bonds. The molecule has 2 saturated heterocycles. The fourth-order valence-corrected chi connectivity index (χ4v) is 9.87. The zero-order valence-corrected chi connectivity index (χ0v) is 32.6. The molecular weight excluding hydrogens is 782 g/mol. The molecule has 1 aliphatic carbocycles. The van der Waals surface area contributed by atoms with Gasteiger partial charge in [-0.15, -0.1) is 11.3 Å². The third kappa shape index (κ3) is 7.36. The average molecular weight is 823 g/mol. The number of aromatic hydroxyl groups is 1. The number of amides is 1. The number of phenols is 1. The standard InChI is InChI=1S/C43H40BrN3O7S/c44-29-3-1-27(2-4-29)41-40(36-12-5-31(49)21-39(36)55-41)54-33-9-7-32(8-10-33)52-17-15-45-23-43(24-45)25-46(26-43)16-18-53-34-11-13-35-28(19-34)22-47(42(35)51)37-14-6-30(48)20-38(37)50/h1-5,7-13,19,21,37,49H,6,14-18,20,22-26H2/t37-/m0/s1. The summed E-state index contributed by atoms with van der Waals surface area (Å²) in [6.45, 7) is 7.54. The van der Waals surface area contributed by atoms with Crippen LogP contribution in [0.4, 0.5) is 0 Å². The number of nitrogens with zero attached hydrogens (tertiary/aromatic N) is 3. The number of carbonyl (C=O) groups is 3. The van der Waals surface area contributed by atoms with Gasteiger partial charge in [0.25, 0.3) is 5.91 Å².